The van der Waals surface area contributed by atoms with Gasteiger partial charge < -0.3 is 10.0 Å². The number of carbonyl (C=O) groups excluding carboxylic acids is 1. The highest BCUT2D eigenvalue weighted by Gasteiger charge is 2.35. The monoisotopic (exact) mass is 279 g/mol. The van der Waals surface area contributed by atoms with Crippen molar-refractivity contribution in [3.8, 4) is 16.9 Å². The second-order valence-electron chi connectivity index (χ2n) is 5.16. The van der Waals surface area contributed by atoms with E-state index in [2.05, 4.69) is 6.08 Å². The highest BCUT2D eigenvalue weighted by Crippen LogP contribution is 2.28. The lowest BCUT2D eigenvalue weighted by molar-refractivity contribution is -0.140. The van der Waals surface area contributed by atoms with Gasteiger partial charge in [-0.2, -0.15) is 0 Å². The van der Waals surface area contributed by atoms with Crippen molar-refractivity contribution in [3.63, 3.8) is 0 Å². The number of hydrogen-bond donors (Lipinski definition) is 1. The highest BCUT2D eigenvalue weighted by molar-refractivity contribution is 5.84. The van der Waals surface area contributed by atoms with Crippen LogP contribution in [0.25, 0.3) is 11.1 Å². The van der Waals surface area contributed by atoms with Crippen LogP contribution in [-0.2, 0) is 4.79 Å². The van der Waals surface area contributed by atoms with Crippen molar-refractivity contribution in [3.05, 3.63) is 66.9 Å². The Kier molecular flexibility index (Phi) is 3.73. The van der Waals surface area contributed by atoms with Gasteiger partial charge >= 0.3 is 0 Å². The van der Waals surface area contributed by atoms with E-state index in [4.69, 9.17) is 0 Å². The Morgan fingerprint density at radius 2 is 1.71 bits per heavy atom. The van der Waals surface area contributed by atoms with E-state index >= 15 is 0 Å². The number of aromatic hydroxyl groups is 1. The molecule has 2 aromatic rings. The molecule has 2 aromatic carbocycles. The van der Waals surface area contributed by atoms with E-state index in [1.54, 1.807) is 11.0 Å². The zero-order chi connectivity index (χ0) is 14.7. The van der Waals surface area contributed by atoms with Gasteiger partial charge in [0.05, 0.1) is 0 Å². The fourth-order valence-electron chi connectivity index (χ4n) is 2.57. The van der Waals surface area contributed by atoms with Crippen molar-refractivity contribution in [1.82, 2.24) is 4.90 Å². The summed E-state index contributed by atoms with van der Waals surface area (Å²) in [7, 11) is 0. The molecule has 106 valence electrons. The molecule has 0 spiro atoms. The molecule has 21 heavy (non-hydrogen) atoms. The lowest BCUT2D eigenvalue weighted by atomic mass is 10.0. The summed E-state index contributed by atoms with van der Waals surface area (Å²) in [5, 5.41) is 9.56. The molecule has 0 aromatic heterocycles. The third-order valence-electron chi connectivity index (χ3n) is 3.75. The molecule has 3 heteroatoms. The molecule has 2 aliphatic rings. The van der Waals surface area contributed by atoms with E-state index < -0.39 is 0 Å². The number of hydrogen-bond acceptors (Lipinski definition) is 2. The summed E-state index contributed by atoms with van der Waals surface area (Å²) in [5.41, 5.74) is 1.92. The Morgan fingerprint density at radius 1 is 1.00 bits per heavy atom. The molecule has 1 saturated heterocycles. The molecule has 0 saturated carbocycles. The second-order valence-corrected chi connectivity index (χ2v) is 5.16. The maximum absolute atomic E-state index is 10.6. The molecular formula is C18H17NO2. The van der Waals surface area contributed by atoms with E-state index in [1.807, 2.05) is 54.7 Å². The van der Waals surface area contributed by atoms with Crippen LogP contribution in [-0.4, -0.2) is 22.0 Å². The fourth-order valence-corrected chi connectivity index (χ4v) is 2.57. The summed E-state index contributed by atoms with van der Waals surface area (Å²) in [4.78, 5) is 12.4. The number of phenols is 1. The molecular weight excluding hydrogens is 262 g/mol. The van der Waals surface area contributed by atoms with Gasteiger partial charge in [0.25, 0.3) is 0 Å². The number of para-hydroxylation sites is 1. The minimum atomic E-state index is 0.281. The maximum Gasteiger partial charge on any atom is 0.228 e. The third-order valence-corrected chi connectivity index (χ3v) is 3.75. The summed E-state index contributed by atoms with van der Waals surface area (Å²) < 4.78 is 0. The zero-order valence-electron chi connectivity index (χ0n) is 11.6. The van der Waals surface area contributed by atoms with Crippen LogP contribution in [0.5, 0.6) is 5.75 Å². The molecule has 3 nitrogen and oxygen atoms in total. The number of carbonyl (C=O) groups is 1. The first-order chi connectivity index (χ1) is 10.3. The number of fused-ring (bicyclic) bond motifs is 1. The van der Waals surface area contributed by atoms with Crippen molar-refractivity contribution in [2.24, 2.45) is 0 Å². The van der Waals surface area contributed by atoms with Gasteiger partial charge in [-0.3, -0.25) is 4.79 Å². The standard InChI is InChI=1S/C12H10O.C6H7NO/c13-12-9-5-4-8-11(12)10-6-2-1-3-7-10;8-6-4-5-2-1-3-7(5)6/h1-9,13H;1,3,5H,2,4H2/t;5-/m.1/s1. The molecule has 1 amide bonds. The zero-order valence-corrected chi connectivity index (χ0v) is 11.6. The quantitative estimate of drug-likeness (QED) is 0.811. The Balaban J connectivity index is 0.000000140. The van der Waals surface area contributed by atoms with Gasteiger partial charge in [-0.25, -0.2) is 0 Å². The van der Waals surface area contributed by atoms with Crippen LogP contribution in [0.4, 0.5) is 0 Å². The average molecular weight is 279 g/mol. The van der Waals surface area contributed by atoms with Gasteiger partial charge in [0.2, 0.25) is 5.91 Å². The van der Waals surface area contributed by atoms with Gasteiger partial charge in [0.1, 0.15) is 5.75 Å². The number of amides is 1. The molecule has 0 radical (unpaired) electrons. The normalized spacial score (nSPS) is 18.6. The van der Waals surface area contributed by atoms with Gasteiger partial charge in [-0.15, -0.1) is 0 Å². The smallest absolute Gasteiger partial charge is 0.228 e. The molecule has 0 unspecified atom stereocenters. The molecule has 2 heterocycles. The first-order valence-electron chi connectivity index (χ1n) is 7.07. The summed E-state index contributed by atoms with van der Waals surface area (Å²) in [5.74, 6) is 0.609. The predicted octanol–water partition coefficient (Wildman–Crippen LogP) is 3.56. The van der Waals surface area contributed by atoms with Gasteiger partial charge in [0.15, 0.2) is 0 Å². The summed E-state index contributed by atoms with van der Waals surface area (Å²) in [6.07, 6.45) is 5.78. The number of β-lactam (4-membered cyclic amide) rings is 1. The number of nitrogens with zero attached hydrogens (tertiary/aromatic N) is 1. The molecule has 1 N–H and O–H groups in total. The lowest BCUT2D eigenvalue weighted by Gasteiger charge is -2.32. The van der Waals surface area contributed by atoms with Crippen molar-refractivity contribution in [1.29, 1.82) is 0 Å². The third kappa shape index (κ3) is 2.82. The Bertz CT molecular complexity index is 664. The van der Waals surface area contributed by atoms with E-state index in [9.17, 15) is 9.90 Å². The summed E-state index contributed by atoms with van der Waals surface area (Å²) in [6.45, 7) is 0. The molecule has 0 bridgehead atoms. The molecule has 0 aliphatic carbocycles. The van der Waals surface area contributed by atoms with Crippen molar-refractivity contribution < 1.29 is 9.90 Å². The SMILES string of the molecule is O=C1C[C@H]2CC=CN12.Oc1ccccc1-c1ccccc1. The predicted molar refractivity (Wildman–Crippen MR) is 82.6 cm³/mol. The van der Waals surface area contributed by atoms with E-state index in [0.29, 0.717) is 11.8 Å². The first-order valence-corrected chi connectivity index (χ1v) is 7.07. The van der Waals surface area contributed by atoms with Crippen LogP contribution in [0.2, 0.25) is 0 Å². The van der Waals surface area contributed by atoms with Gasteiger partial charge in [-0.05, 0) is 18.1 Å². The van der Waals surface area contributed by atoms with Crippen LogP contribution >= 0.6 is 0 Å². The van der Waals surface area contributed by atoms with Gasteiger partial charge in [0, 0.05) is 24.2 Å². The molecule has 2 aliphatic heterocycles. The molecule has 1 fully saturated rings. The largest absolute Gasteiger partial charge is 0.507 e. The minimum absolute atomic E-state index is 0.281. The van der Waals surface area contributed by atoms with Crippen LogP contribution in [0.1, 0.15) is 12.8 Å². The minimum Gasteiger partial charge on any atom is -0.507 e. The van der Waals surface area contributed by atoms with Gasteiger partial charge in [-0.1, -0.05) is 54.6 Å². The number of benzene rings is 2. The second kappa shape index (κ2) is 5.83. The van der Waals surface area contributed by atoms with Crippen LogP contribution in [0, 0.1) is 0 Å². The molecule has 4 rings (SSSR count). The number of phenolic OH excluding ortho intramolecular Hbond substituents is 1. The number of rotatable bonds is 1. The topological polar surface area (TPSA) is 40.5 Å². The Morgan fingerprint density at radius 3 is 2.33 bits per heavy atom. The van der Waals surface area contributed by atoms with E-state index in [-0.39, 0.29) is 5.91 Å². The summed E-state index contributed by atoms with van der Waals surface area (Å²) in [6, 6.07) is 17.7. The highest BCUT2D eigenvalue weighted by atomic mass is 16.3. The Hall–Kier alpha value is -2.55. The van der Waals surface area contributed by atoms with Crippen LogP contribution in [0.15, 0.2) is 66.9 Å². The Labute approximate surface area is 124 Å². The van der Waals surface area contributed by atoms with Crippen LogP contribution in [0.3, 0.4) is 0 Å². The maximum atomic E-state index is 10.6. The van der Waals surface area contributed by atoms with Crippen molar-refractivity contribution in [2.45, 2.75) is 18.9 Å². The van der Waals surface area contributed by atoms with E-state index in [1.165, 1.54) is 0 Å². The fraction of sp³-hybridized carbons (Fsp3) is 0.167. The molecule has 1 atom stereocenters. The summed E-state index contributed by atoms with van der Waals surface area (Å²) >= 11 is 0. The van der Waals surface area contributed by atoms with Crippen LogP contribution < -0.4 is 0 Å². The van der Waals surface area contributed by atoms with Crippen molar-refractivity contribution in [2.75, 3.05) is 0 Å². The first kappa shape index (κ1) is 13.4. The average Bonchev–Trinajstić information content (AvgIpc) is 2.90. The lowest BCUT2D eigenvalue weighted by Crippen LogP contribution is -2.45. The van der Waals surface area contributed by atoms with E-state index in [0.717, 1.165) is 24.0 Å². The van der Waals surface area contributed by atoms with Crippen molar-refractivity contribution >= 4 is 5.91 Å².